The largest absolute Gasteiger partial charge is 0.451 e. The first-order valence-corrected chi connectivity index (χ1v) is 11.0. The molecule has 1 aromatic carbocycles. The Morgan fingerprint density at radius 1 is 1.00 bits per heavy atom. The van der Waals surface area contributed by atoms with Crippen molar-refractivity contribution < 1.29 is 23.9 Å². The van der Waals surface area contributed by atoms with Crippen LogP contribution in [0.25, 0.3) is 0 Å². The van der Waals surface area contributed by atoms with E-state index in [9.17, 15) is 19.2 Å². The van der Waals surface area contributed by atoms with Gasteiger partial charge in [0.15, 0.2) is 6.10 Å². The van der Waals surface area contributed by atoms with Gasteiger partial charge in [0.05, 0.1) is 11.1 Å². The molecule has 2 rings (SSSR count). The Morgan fingerprint density at radius 2 is 1.48 bits per heavy atom. The molecule has 0 unspecified atom stereocenters. The van der Waals surface area contributed by atoms with Gasteiger partial charge < -0.3 is 9.64 Å². The molecule has 1 aliphatic heterocycles. The van der Waals surface area contributed by atoms with Gasteiger partial charge in [0.1, 0.15) is 6.04 Å². The lowest BCUT2D eigenvalue weighted by atomic mass is 10.1. The first kappa shape index (κ1) is 22.9. The molecule has 0 bridgehead atoms. The van der Waals surface area contributed by atoms with Crippen LogP contribution in [-0.2, 0) is 14.3 Å². The molecule has 29 heavy (non-hydrogen) atoms. The molecule has 0 aliphatic carbocycles. The summed E-state index contributed by atoms with van der Waals surface area (Å²) in [4.78, 5) is 53.7. The van der Waals surface area contributed by atoms with E-state index >= 15 is 0 Å². The maximum Gasteiger partial charge on any atom is 0.331 e. The Morgan fingerprint density at radius 3 is 1.90 bits per heavy atom. The highest BCUT2D eigenvalue weighted by Crippen LogP contribution is 2.26. The molecule has 0 fully saturated rings. The molecule has 1 aliphatic rings. The van der Waals surface area contributed by atoms with Gasteiger partial charge in [-0.3, -0.25) is 19.3 Å². The minimum Gasteiger partial charge on any atom is -0.451 e. The van der Waals surface area contributed by atoms with E-state index < -0.39 is 29.9 Å². The maximum absolute atomic E-state index is 12.9. The molecule has 8 heteroatoms. The molecule has 0 saturated carbocycles. The van der Waals surface area contributed by atoms with E-state index in [1.54, 1.807) is 35.4 Å². The van der Waals surface area contributed by atoms with Gasteiger partial charge in [-0.25, -0.2) is 4.79 Å². The normalized spacial score (nSPS) is 15.5. The molecule has 1 heterocycles. The van der Waals surface area contributed by atoms with Gasteiger partial charge >= 0.3 is 5.97 Å². The zero-order chi connectivity index (χ0) is 21.9. The van der Waals surface area contributed by atoms with Crippen molar-refractivity contribution in [2.45, 2.75) is 58.8 Å². The summed E-state index contributed by atoms with van der Waals surface area (Å²) >= 11 is 1.32. The standard InChI is InChI=1S/C21H28N2O5S/c1-12(2)22(13(3)4)18(24)14(5)28-21(27)17(11-29-6)23-19(25)15-9-7-8-10-16(15)20(23)26/h7-10,12-14,17H,11H2,1-6H3/t14-,17-/m1/s1. The van der Waals surface area contributed by atoms with Crippen LogP contribution in [0.4, 0.5) is 0 Å². The van der Waals surface area contributed by atoms with Crippen LogP contribution in [0.3, 0.4) is 0 Å². The number of fused-ring (bicyclic) bond motifs is 1. The predicted octanol–water partition coefficient (Wildman–Crippen LogP) is 2.59. The van der Waals surface area contributed by atoms with Crippen molar-refractivity contribution in [1.82, 2.24) is 9.80 Å². The van der Waals surface area contributed by atoms with E-state index in [-0.39, 0.29) is 34.9 Å². The quantitative estimate of drug-likeness (QED) is 0.475. The summed E-state index contributed by atoms with van der Waals surface area (Å²) in [6.07, 6.45) is 0.749. The zero-order valence-corrected chi connectivity index (χ0v) is 18.5. The summed E-state index contributed by atoms with van der Waals surface area (Å²) in [5.41, 5.74) is 0.539. The smallest absolute Gasteiger partial charge is 0.331 e. The van der Waals surface area contributed by atoms with Crippen molar-refractivity contribution in [2.75, 3.05) is 12.0 Å². The van der Waals surface area contributed by atoms with E-state index in [4.69, 9.17) is 4.74 Å². The van der Waals surface area contributed by atoms with Crippen LogP contribution in [0.5, 0.6) is 0 Å². The number of rotatable bonds is 8. The van der Waals surface area contributed by atoms with Crippen molar-refractivity contribution in [2.24, 2.45) is 0 Å². The summed E-state index contributed by atoms with van der Waals surface area (Å²) < 4.78 is 5.43. The number of amides is 3. The molecule has 0 saturated heterocycles. The van der Waals surface area contributed by atoms with Crippen LogP contribution in [0.2, 0.25) is 0 Å². The van der Waals surface area contributed by atoms with Crippen LogP contribution < -0.4 is 0 Å². The zero-order valence-electron chi connectivity index (χ0n) is 17.7. The fraction of sp³-hybridized carbons (Fsp3) is 0.524. The average molecular weight is 421 g/mol. The summed E-state index contributed by atoms with van der Waals surface area (Å²) in [6, 6.07) is 5.26. The van der Waals surface area contributed by atoms with Crippen LogP contribution in [-0.4, -0.2) is 69.7 Å². The number of hydrogen-bond acceptors (Lipinski definition) is 6. The van der Waals surface area contributed by atoms with Crippen LogP contribution in [0, 0.1) is 0 Å². The number of carbonyl (C=O) groups is 4. The molecule has 0 aromatic heterocycles. The van der Waals surface area contributed by atoms with Gasteiger partial charge in [-0.1, -0.05) is 12.1 Å². The highest BCUT2D eigenvalue weighted by molar-refractivity contribution is 7.98. The van der Waals surface area contributed by atoms with Gasteiger partial charge in [0.25, 0.3) is 17.7 Å². The summed E-state index contributed by atoms with van der Waals surface area (Å²) in [5, 5.41) is 0. The first-order chi connectivity index (χ1) is 13.6. The average Bonchev–Trinajstić information content (AvgIpc) is 2.90. The van der Waals surface area contributed by atoms with Crippen LogP contribution in [0.1, 0.15) is 55.3 Å². The number of imide groups is 1. The monoisotopic (exact) mass is 420 g/mol. The number of benzene rings is 1. The molecular weight excluding hydrogens is 392 g/mol. The first-order valence-electron chi connectivity index (χ1n) is 9.60. The third-order valence-corrected chi connectivity index (χ3v) is 5.39. The summed E-state index contributed by atoms with van der Waals surface area (Å²) in [5.74, 6) is -1.93. The fourth-order valence-electron chi connectivity index (χ4n) is 3.52. The molecule has 158 valence electrons. The second-order valence-corrected chi connectivity index (χ2v) is 8.42. The molecule has 3 amide bonds. The maximum atomic E-state index is 12.9. The van der Waals surface area contributed by atoms with Crippen molar-refractivity contribution in [3.63, 3.8) is 0 Å². The fourth-order valence-corrected chi connectivity index (χ4v) is 4.12. The number of hydrogen-bond donors (Lipinski definition) is 0. The molecule has 2 atom stereocenters. The van der Waals surface area contributed by atoms with E-state index in [1.807, 2.05) is 27.7 Å². The van der Waals surface area contributed by atoms with E-state index in [0.29, 0.717) is 0 Å². The Balaban J connectivity index is 2.21. The lowest BCUT2D eigenvalue weighted by Crippen LogP contribution is -2.51. The lowest BCUT2D eigenvalue weighted by molar-refractivity contribution is -0.163. The Hall–Kier alpha value is -2.35. The Kier molecular flexibility index (Phi) is 7.46. The topological polar surface area (TPSA) is 84.0 Å². The number of ether oxygens (including phenoxy) is 1. The van der Waals surface area contributed by atoms with Crippen LogP contribution in [0.15, 0.2) is 24.3 Å². The Labute approximate surface area is 175 Å². The van der Waals surface area contributed by atoms with Gasteiger partial charge in [0, 0.05) is 17.8 Å². The SMILES string of the molecule is CSC[C@H](C(=O)O[C@H](C)C(=O)N(C(C)C)C(C)C)N1C(=O)c2ccccc2C1=O. The number of nitrogens with zero attached hydrogens (tertiary/aromatic N) is 2. The van der Waals surface area contributed by atoms with Gasteiger partial charge in [-0.15, -0.1) is 0 Å². The molecule has 7 nitrogen and oxygen atoms in total. The van der Waals surface area contributed by atoms with Crippen molar-refractivity contribution in [1.29, 1.82) is 0 Å². The predicted molar refractivity (Wildman–Crippen MR) is 112 cm³/mol. The molecule has 0 N–H and O–H groups in total. The van der Waals surface area contributed by atoms with Crippen LogP contribution >= 0.6 is 11.8 Å². The summed E-state index contributed by atoms with van der Waals surface area (Å²) in [7, 11) is 0. The highest BCUT2D eigenvalue weighted by Gasteiger charge is 2.44. The molecule has 0 spiro atoms. The minimum absolute atomic E-state index is 0.0538. The second-order valence-electron chi connectivity index (χ2n) is 7.51. The summed E-state index contributed by atoms with van der Waals surface area (Å²) in [6.45, 7) is 9.07. The third kappa shape index (κ3) is 4.63. The third-order valence-electron chi connectivity index (χ3n) is 4.74. The molecular formula is C21H28N2O5S. The number of thioether (sulfide) groups is 1. The highest BCUT2D eigenvalue weighted by atomic mass is 32.2. The van der Waals surface area contributed by atoms with Crippen molar-refractivity contribution in [3.8, 4) is 0 Å². The van der Waals surface area contributed by atoms with Gasteiger partial charge in [0.2, 0.25) is 0 Å². The second kappa shape index (κ2) is 9.43. The molecule has 0 radical (unpaired) electrons. The van der Waals surface area contributed by atoms with E-state index in [2.05, 4.69) is 0 Å². The van der Waals surface area contributed by atoms with E-state index in [0.717, 1.165) is 4.90 Å². The Bertz CT molecular complexity index is 765. The molecule has 1 aromatic rings. The van der Waals surface area contributed by atoms with E-state index in [1.165, 1.54) is 18.7 Å². The minimum atomic E-state index is -1.10. The van der Waals surface area contributed by atoms with Gasteiger partial charge in [-0.05, 0) is 53.0 Å². The number of esters is 1. The number of carbonyl (C=O) groups excluding carboxylic acids is 4. The lowest BCUT2D eigenvalue weighted by Gasteiger charge is -2.33. The van der Waals surface area contributed by atoms with Crippen molar-refractivity contribution >= 4 is 35.5 Å². The van der Waals surface area contributed by atoms with Gasteiger partial charge in [-0.2, -0.15) is 11.8 Å². The van der Waals surface area contributed by atoms with Crippen molar-refractivity contribution in [3.05, 3.63) is 35.4 Å².